The summed E-state index contributed by atoms with van der Waals surface area (Å²) in [7, 11) is 0. The summed E-state index contributed by atoms with van der Waals surface area (Å²) >= 11 is 0. The fourth-order valence-electron chi connectivity index (χ4n) is 1.59. The Morgan fingerprint density at radius 1 is 0.952 bits per heavy atom. The number of carbonyl (C=O) groups is 2. The normalized spacial score (nSPS) is 10.3. The zero-order valence-corrected chi connectivity index (χ0v) is 11.0. The lowest BCUT2D eigenvalue weighted by atomic mass is 10.2. The minimum atomic E-state index is -1.43. The molecule has 5 nitrogen and oxygen atoms in total. The molecule has 0 unspecified atom stereocenters. The maximum Gasteiger partial charge on any atom is 0.248 e. The highest BCUT2D eigenvalue weighted by atomic mass is 16.5. The van der Waals surface area contributed by atoms with Crippen LogP contribution in [0.15, 0.2) is 66.7 Å². The van der Waals surface area contributed by atoms with E-state index in [0.29, 0.717) is 23.3 Å². The standard InChI is InChI=1S/C16H13NO4/c18-15(10-11-16(19)20)17-13-8-4-5-9-14(13)21-12-6-2-1-3-7-12/h1-11H,(H,17,18)(H,19,20)/p-1/b11-10+. The molecule has 0 fully saturated rings. The van der Waals surface area contributed by atoms with Crippen molar-refractivity contribution in [1.29, 1.82) is 0 Å². The number of carboxylic acids is 1. The number of benzene rings is 2. The van der Waals surface area contributed by atoms with Crippen molar-refractivity contribution in [3.63, 3.8) is 0 Å². The fraction of sp³-hybridized carbons (Fsp3) is 0. The van der Waals surface area contributed by atoms with E-state index in [2.05, 4.69) is 5.32 Å². The first-order valence-corrected chi connectivity index (χ1v) is 6.17. The molecule has 2 aromatic carbocycles. The molecule has 0 aliphatic carbocycles. The van der Waals surface area contributed by atoms with Crippen LogP contribution in [0.3, 0.4) is 0 Å². The van der Waals surface area contributed by atoms with E-state index in [4.69, 9.17) is 4.74 Å². The summed E-state index contributed by atoms with van der Waals surface area (Å²) in [6, 6.07) is 16.0. The summed E-state index contributed by atoms with van der Waals surface area (Å²) in [5, 5.41) is 12.8. The van der Waals surface area contributed by atoms with E-state index in [0.717, 1.165) is 6.08 Å². The lowest BCUT2D eigenvalue weighted by Gasteiger charge is -2.11. The molecule has 5 heteroatoms. The maximum atomic E-state index is 11.6. The van der Waals surface area contributed by atoms with Gasteiger partial charge >= 0.3 is 0 Å². The first kappa shape index (κ1) is 14.3. The van der Waals surface area contributed by atoms with Crippen molar-refractivity contribution in [2.75, 3.05) is 5.32 Å². The van der Waals surface area contributed by atoms with Crippen molar-refractivity contribution in [2.24, 2.45) is 0 Å². The van der Waals surface area contributed by atoms with Crippen LogP contribution in [0.25, 0.3) is 0 Å². The number of hydrogen-bond donors (Lipinski definition) is 1. The number of amides is 1. The number of hydrogen-bond acceptors (Lipinski definition) is 4. The van der Waals surface area contributed by atoms with Crippen LogP contribution in [-0.2, 0) is 9.59 Å². The van der Waals surface area contributed by atoms with E-state index in [1.165, 1.54) is 0 Å². The van der Waals surface area contributed by atoms with Crippen LogP contribution in [0.1, 0.15) is 0 Å². The predicted octanol–water partition coefficient (Wildman–Crippen LogP) is 1.72. The minimum Gasteiger partial charge on any atom is -0.545 e. The first-order chi connectivity index (χ1) is 10.1. The third-order valence-electron chi connectivity index (χ3n) is 2.49. The molecule has 106 valence electrons. The topological polar surface area (TPSA) is 78.5 Å². The van der Waals surface area contributed by atoms with Gasteiger partial charge in [-0.15, -0.1) is 0 Å². The molecule has 2 rings (SSSR count). The Hall–Kier alpha value is -3.08. The average Bonchev–Trinajstić information content (AvgIpc) is 2.48. The Morgan fingerprint density at radius 2 is 1.62 bits per heavy atom. The zero-order chi connectivity index (χ0) is 15.1. The number of nitrogens with one attached hydrogen (secondary N) is 1. The number of ether oxygens (including phenoxy) is 1. The van der Waals surface area contributed by atoms with Crippen molar-refractivity contribution < 1.29 is 19.4 Å². The van der Waals surface area contributed by atoms with E-state index in [1.54, 1.807) is 36.4 Å². The Labute approximate surface area is 121 Å². The van der Waals surface area contributed by atoms with Crippen molar-refractivity contribution in [3.05, 3.63) is 66.7 Å². The van der Waals surface area contributed by atoms with E-state index in [1.807, 2.05) is 18.2 Å². The summed E-state index contributed by atoms with van der Waals surface area (Å²) < 4.78 is 5.67. The van der Waals surface area contributed by atoms with Crippen LogP contribution in [0, 0.1) is 0 Å². The Morgan fingerprint density at radius 3 is 2.33 bits per heavy atom. The van der Waals surface area contributed by atoms with Crippen LogP contribution < -0.4 is 15.2 Å². The number of rotatable bonds is 5. The third kappa shape index (κ3) is 4.50. The fourth-order valence-corrected chi connectivity index (χ4v) is 1.59. The quantitative estimate of drug-likeness (QED) is 0.847. The van der Waals surface area contributed by atoms with Gasteiger partial charge in [0.2, 0.25) is 5.91 Å². The Balaban J connectivity index is 2.14. The molecule has 1 N–H and O–H groups in total. The van der Waals surface area contributed by atoms with Crippen molar-refractivity contribution in [1.82, 2.24) is 0 Å². The minimum absolute atomic E-state index is 0.439. The molecule has 0 spiro atoms. The van der Waals surface area contributed by atoms with E-state index in [9.17, 15) is 14.7 Å². The van der Waals surface area contributed by atoms with Crippen LogP contribution >= 0.6 is 0 Å². The summed E-state index contributed by atoms with van der Waals surface area (Å²) in [5.74, 6) is -0.925. The summed E-state index contributed by atoms with van der Waals surface area (Å²) in [4.78, 5) is 21.8. The third-order valence-corrected chi connectivity index (χ3v) is 2.49. The Bertz CT molecular complexity index is 665. The Kier molecular flexibility index (Phi) is 4.71. The van der Waals surface area contributed by atoms with Gasteiger partial charge in [0, 0.05) is 6.08 Å². The van der Waals surface area contributed by atoms with Gasteiger partial charge in [0.25, 0.3) is 0 Å². The molecule has 21 heavy (non-hydrogen) atoms. The lowest BCUT2D eigenvalue weighted by Crippen LogP contribution is -2.20. The highest BCUT2D eigenvalue weighted by molar-refractivity contribution is 6.02. The van der Waals surface area contributed by atoms with Crippen LogP contribution in [-0.4, -0.2) is 11.9 Å². The van der Waals surface area contributed by atoms with Gasteiger partial charge in [-0.3, -0.25) is 4.79 Å². The summed E-state index contributed by atoms with van der Waals surface area (Å²) in [6.45, 7) is 0. The molecule has 0 bridgehead atoms. The van der Waals surface area contributed by atoms with Crippen molar-refractivity contribution >= 4 is 17.6 Å². The van der Waals surface area contributed by atoms with E-state index >= 15 is 0 Å². The van der Waals surface area contributed by atoms with Gasteiger partial charge in [-0.05, 0) is 30.3 Å². The highest BCUT2D eigenvalue weighted by Crippen LogP contribution is 2.28. The van der Waals surface area contributed by atoms with Crippen molar-refractivity contribution in [3.8, 4) is 11.5 Å². The molecule has 2 aromatic rings. The molecule has 0 saturated carbocycles. The van der Waals surface area contributed by atoms with Crippen molar-refractivity contribution in [2.45, 2.75) is 0 Å². The van der Waals surface area contributed by atoms with Gasteiger partial charge < -0.3 is 20.0 Å². The van der Waals surface area contributed by atoms with E-state index < -0.39 is 11.9 Å². The number of para-hydroxylation sites is 3. The van der Waals surface area contributed by atoms with E-state index in [-0.39, 0.29) is 0 Å². The first-order valence-electron chi connectivity index (χ1n) is 6.17. The zero-order valence-electron chi connectivity index (χ0n) is 11.0. The molecule has 0 radical (unpaired) electrons. The van der Waals surface area contributed by atoms with Gasteiger partial charge in [-0.2, -0.15) is 0 Å². The number of carbonyl (C=O) groups excluding carboxylic acids is 2. The molecular weight excluding hydrogens is 270 g/mol. The van der Waals surface area contributed by atoms with Gasteiger partial charge in [0.15, 0.2) is 5.75 Å². The maximum absolute atomic E-state index is 11.6. The van der Waals surface area contributed by atoms with Gasteiger partial charge in [0.05, 0.1) is 11.7 Å². The molecule has 0 aliphatic rings. The predicted molar refractivity (Wildman–Crippen MR) is 75.7 cm³/mol. The number of anilines is 1. The second-order valence-corrected chi connectivity index (χ2v) is 4.05. The summed E-state index contributed by atoms with van der Waals surface area (Å²) in [6.07, 6.45) is 1.55. The van der Waals surface area contributed by atoms with Gasteiger partial charge in [-0.25, -0.2) is 0 Å². The largest absolute Gasteiger partial charge is 0.545 e. The number of carboxylic acid groups (broad SMARTS) is 1. The van der Waals surface area contributed by atoms with Crippen LogP contribution in [0.4, 0.5) is 5.69 Å². The SMILES string of the molecule is O=C([O-])/C=C/C(=O)Nc1ccccc1Oc1ccccc1. The lowest BCUT2D eigenvalue weighted by molar-refractivity contribution is -0.297. The van der Waals surface area contributed by atoms with Gasteiger partial charge in [0.1, 0.15) is 5.75 Å². The molecule has 0 heterocycles. The molecule has 0 aromatic heterocycles. The molecule has 0 aliphatic heterocycles. The second-order valence-electron chi connectivity index (χ2n) is 4.05. The average molecular weight is 282 g/mol. The van der Waals surface area contributed by atoms with Gasteiger partial charge in [-0.1, -0.05) is 30.3 Å². The molecular formula is C16H12NO4-. The van der Waals surface area contributed by atoms with Crippen LogP contribution in [0.5, 0.6) is 11.5 Å². The molecule has 0 atom stereocenters. The number of aliphatic carboxylic acids is 1. The monoisotopic (exact) mass is 282 g/mol. The van der Waals surface area contributed by atoms with Crippen LogP contribution in [0.2, 0.25) is 0 Å². The summed E-state index contributed by atoms with van der Waals surface area (Å²) in [5.41, 5.74) is 0.439. The second kappa shape index (κ2) is 6.91. The molecule has 0 saturated heterocycles. The smallest absolute Gasteiger partial charge is 0.248 e. The highest BCUT2D eigenvalue weighted by Gasteiger charge is 2.06. The molecule has 1 amide bonds.